The fraction of sp³-hybridized carbons (Fsp3) is 0.0556. The highest BCUT2D eigenvalue weighted by molar-refractivity contribution is 5.88. The summed E-state index contributed by atoms with van der Waals surface area (Å²) in [6, 6.07) is 15.4. The fourth-order valence-corrected chi connectivity index (χ4v) is 2.60. The van der Waals surface area contributed by atoms with Crippen LogP contribution in [0.3, 0.4) is 0 Å². The molecule has 4 nitrogen and oxygen atoms in total. The summed E-state index contributed by atoms with van der Waals surface area (Å²) in [5, 5.41) is 9.44. The highest BCUT2D eigenvalue weighted by Crippen LogP contribution is 2.34. The standard InChI is InChI=1S/C18H13N3O/c1-12-16(13-5-3-2-4-6-13)17(14-7-9-20-10-8-14)15(11-19)18(22)21-12/h2-10H,1H3,(H,21,22). The molecule has 0 amide bonds. The monoisotopic (exact) mass is 287 g/mol. The van der Waals surface area contributed by atoms with Crippen molar-refractivity contribution in [2.75, 3.05) is 0 Å². The molecule has 2 aromatic heterocycles. The Kier molecular flexibility index (Phi) is 3.55. The third-order valence-electron chi connectivity index (χ3n) is 3.55. The Morgan fingerprint density at radius 2 is 1.64 bits per heavy atom. The number of nitrogens with one attached hydrogen (secondary N) is 1. The Morgan fingerprint density at radius 1 is 1.00 bits per heavy atom. The molecule has 4 heteroatoms. The van der Waals surface area contributed by atoms with E-state index in [0.717, 1.165) is 22.4 Å². The van der Waals surface area contributed by atoms with Gasteiger partial charge in [0.1, 0.15) is 11.6 Å². The maximum Gasteiger partial charge on any atom is 0.266 e. The number of aryl methyl sites for hydroxylation is 1. The van der Waals surface area contributed by atoms with E-state index < -0.39 is 0 Å². The van der Waals surface area contributed by atoms with Crippen LogP contribution in [0.15, 0.2) is 59.7 Å². The minimum Gasteiger partial charge on any atom is -0.325 e. The average Bonchev–Trinajstić information content (AvgIpc) is 2.56. The van der Waals surface area contributed by atoms with Crippen molar-refractivity contribution in [3.05, 3.63) is 76.5 Å². The number of hydrogen-bond acceptors (Lipinski definition) is 3. The fourth-order valence-electron chi connectivity index (χ4n) is 2.60. The second kappa shape index (κ2) is 5.66. The van der Waals surface area contributed by atoms with Gasteiger partial charge in [-0.3, -0.25) is 9.78 Å². The van der Waals surface area contributed by atoms with E-state index in [9.17, 15) is 10.1 Å². The molecular weight excluding hydrogens is 274 g/mol. The van der Waals surface area contributed by atoms with Crippen LogP contribution in [0, 0.1) is 18.3 Å². The summed E-state index contributed by atoms with van der Waals surface area (Å²) >= 11 is 0. The van der Waals surface area contributed by atoms with Crippen LogP contribution < -0.4 is 5.56 Å². The van der Waals surface area contributed by atoms with Crippen molar-refractivity contribution in [3.8, 4) is 28.3 Å². The number of pyridine rings is 2. The summed E-state index contributed by atoms with van der Waals surface area (Å²) in [4.78, 5) is 18.9. The lowest BCUT2D eigenvalue weighted by atomic mass is 9.91. The van der Waals surface area contributed by atoms with Crippen molar-refractivity contribution < 1.29 is 0 Å². The van der Waals surface area contributed by atoms with Gasteiger partial charge >= 0.3 is 0 Å². The molecule has 1 N–H and O–H groups in total. The summed E-state index contributed by atoms with van der Waals surface area (Å²) in [5.74, 6) is 0. The maximum atomic E-state index is 12.2. The van der Waals surface area contributed by atoms with E-state index in [-0.39, 0.29) is 11.1 Å². The van der Waals surface area contributed by atoms with Gasteiger partial charge in [-0.15, -0.1) is 0 Å². The molecule has 0 saturated heterocycles. The van der Waals surface area contributed by atoms with Gasteiger partial charge in [0.2, 0.25) is 0 Å². The lowest BCUT2D eigenvalue weighted by molar-refractivity contribution is 1.13. The Labute approximate surface area is 127 Å². The van der Waals surface area contributed by atoms with Crippen molar-refractivity contribution in [2.24, 2.45) is 0 Å². The minimum atomic E-state index is -0.369. The molecule has 2 heterocycles. The van der Waals surface area contributed by atoms with E-state index in [4.69, 9.17) is 0 Å². The zero-order valence-corrected chi connectivity index (χ0v) is 12.0. The van der Waals surface area contributed by atoms with Crippen LogP contribution >= 0.6 is 0 Å². The van der Waals surface area contributed by atoms with E-state index in [1.54, 1.807) is 12.4 Å². The normalized spacial score (nSPS) is 10.2. The molecule has 0 aliphatic rings. The number of nitriles is 1. The molecule has 22 heavy (non-hydrogen) atoms. The lowest BCUT2D eigenvalue weighted by Crippen LogP contribution is -2.14. The Hall–Kier alpha value is -3.19. The van der Waals surface area contributed by atoms with Gasteiger partial charge in [0.05, 0.1) is 0 Å². The molecule has 0 saturated carbocycles. The molecule has 0 fully saturated rings. The molecule has 0 radical (unpaired) electrons. The van der Waals surface area contributed by atoms with Gasteiger partial charge < -0.3 is 4.98 Å². The lowest BCUT2D eigenvalue weighted by Gasteiger charge is -2.14. The van der Waals surface area contributed by atoms with Gasteiger partial charge in [-0.25, -0.2) is 0 Å². The van der Waals surface area contributed by atoms with E-state index in [1.165, 1.54) is 0 Å². The summed E-state index contributed by atoms with van der Waals surface area (Å²) in [6.45, 7) is 1.84. The Bertz CT molecular complexity index is 907. The van der Waals surface area contributed by atoms with Crippen LogP contribution in [0.5, 0.6) is 0 Å². The predicted octanol–water partition coefficient (Wildman–Crippen LogP) is 3.28. The number of nitrogens with zero attached hydrogens (tertiary/aromatic N) is 2. The number of hydrogen-bond donors (Lipinski definition) is 1. The minimum absolute atomic E-state index is 0.121. The predicted molar refractivity (Wildman–Crippen MR) is 85.2 cm³/mol. The van der Waals surface area contributed by atoms with Crippen LogP contribution in [0.25, 0.3) is 22.3 Å². The Balaban J connectivity index is 2.45. The van der Waals surface area contributed by atoms with E-state index in [1.807, 2.05) is 55.5 Å². The van der Waals surface area contributed by atoms with Crippen molar-refractivity contribution in [1.29, 1.82) is 5.26 Å². The third kappa shape index (κ3) is 2.29. The number of benzene rings is 1. The first-order valence-electron chi connectivity index (χ1n) is 6.85. The van der Waals surface area contributed by atoms with Gasteiger partial charge in [-0.1, -0.05) is 30.3 Å². The van der Waals surface area contributed by atoms with Gasteiger partial charge in [0.15, 0.2) is 0 Å². The highest BCUT2D eigenvalue weighted by Gasteiger charge is 2.18. The molecule has 0 spiro atoms. The zero-order chi connectivity index (χ0) is 15.5. The number of H-pyrrole nitrogens is 1. The zero-order valence-electron chi connectivity index (χ0n) is 12.0. The molecule has 106 valence electrons. The van der Waals surface area contributed by atoms with E-state index in [2.05, 4.69) is 9.97 Å². The number of aromatic amines is 1. The van der Waals surface area contributed by atoms with Crippen LogP contribution in [0.4, 0.5) is 0 Å². The first kappa shape index (κ1) is 13.8. The molecule has 0 unspecified atom stereocenters. The summed E-state index contributed by atoms with van der Waals surface area (Å²) < 4.78 is 0. The first-order chi connectivity index (χ1) is 10.7. The largest absolute Gasteiger partial charge is 0.325 e. The molecule has 0 aliphatic heterocycles. The van der Waals surface area contributed by atoms with Gasteiger partial charge in [0.25, 0.3) is 5.56 Å². The molecular formula is C18H13N3O. The second-order valence-corrected chi connectivity index (χ2v) is 4.92. The van der Waals surface area contributed by atoms with Crippen LogP contribution in [-0.4, -0.2) is 9.97 Å². The van der Waals surface area contributed by atoms with Crippen LogP contribution in [-0.2, 0) is 0 Å². The first-order valence-corrected chi connectivity index (χ1v) is 6.85. The molecule has 0 atom stereocenters. The topological polar surface area (TPSA) is 69.5 Å². The van der Waals surface area contributed by atoms with E-state index in [0.29, 0.717) is 5.56 Å². The van der Waals surface area contributed by atoms with Crippen molar-refractivity contribution in [2.45, 2.75) is 6.92 Å². The van der Waals surface area contributed by atoms with Crippen molar-refractivity contribution >= 4 is 0 Å². The Morgan fingerprint density at radius 3 is 2.27 bits per heavy atom. The second-order valence-electron chi connectivity index (χ2n) is 4.92. The molecule has 3 rings (SSSR count). The SMILES string of the molecule is Cc1[nH]c(=O)c(C#N)c(-c2ccncc2)c1-c1ccccc1. The summed E-state index contributed by atoms with van der Waals surface area (Å²) in [7, 11) is 0. The highest BCUT2D eigenvalue weighted by atomic mass is 16.1. The van der Waals surface area contributed by atoms with Gasteiger partial charge in [-0.2, -0.15) is 5.26 Å². The average molecular weight is 287 g/mol. The molecule has 0 aliphatic carbocycles. The van der Waals surface area contributed by atoms with Crippen molar-refractivity contribution in [1.82, 2.24) is 9.97 Å². The summed E-state index contributed by atoms with van der Waals surface area (Å²) in [5.41, 5.74) is 3.77. The number of rotatable bonds is 2. The maximum absolute atomic E-state index is 12.2. The van der Waals surface area contributed by atoms with Gasteiger partial charge in [-0.05, 0) is 30.2 Å². The molecule has 1 aromatic carbocycles. The van der Waals surface area contributed by atoms with E-state index >= 15 is 0 Å². The molecule has 3 aromatic rings. The van der Waals surface area contributed by atoms with Crippen LogP contribution in [0.2, 0.25) is 0 Å². The van der Waals surface area contributed by atoms with Gasteiger partial charge in [0, 0.05) is 29.2 Å². The quantitative estimate of drug-likeness (QED) is 0.786. The van der Waals surface area contributed by atoms with Crippen LogP contribution in [0.1, 0.15) is 11.3 Å². The van der Waals surface area contributed by atoms with Crippen molar-refractivity contribution in [3.63, 3.8) is 0 Å². The number of aromatic nitrogens is 2. The summed E-state index contributed by atoms with van der Waals surface area (Å²) in [6.07, 6.45) is 3.31. The molecule has 0 bridgehead atoms. The smallest absolute Gasteiger partial charge is 0.266 e. The third-order valence-corrected chi connectivity index (χ3v) is 3.55.